The van der Waals surface area contributed by atoms with Crippen LogP contribution in [0.3, 0.4) is 0 Å². The molecular weight excluding hydrogens is 327 g/mol. The van der Waals surface area contributed by atoms with Crippen LogP contribution in [0.25, 0.3) is 0 Å². The summed E-state index contributed by atoms with van der Waals surface area (Å²) in [5, 5.41) is -0.225. The summed E-state index contributed by atoms with van der Waals surface area (Å²) < 4.78 is 19.3. The Hall–Kier alpha value is -0.878. The lowest BCUT2D eigenvalue weighted by Crippen LogP contribution is -2.47. The molecule has 3 aliphatic heterocycles. The molecule has 3 heterocycles. The number of fused-ring (bicyclic) bond motifs is 5. The summed E-state index contributed by atoms with van der Waals surface area (Å²) in [5.41, 5.74) is 4.32. The highest BCUT2D eigenvalue weighted by molar-refractivity contribution is 6.79. The average Bonchev–Trinajstić information content (AvgIpc) is 3.08. The van der Waals surface area contributed by atoms with Gasteiger partial charge in [0.2, 0.25) is 0 Å². The van der Waals surface area contributed by atoms with Crippen molar-refractivity contribution < 1.29 is 14.0 Å². The molecule has 3 nitrogen and oxygen atoms in total. The first kappa shape index (κ1) is 17.5. The molecule has 0 saturated carbocycles. The summed E-state index contributed by atoms with van der Waals surface area (Å²) >= 11 is 0. The van der Waals surface area contributed by atoms with Crippen molar-refractivity contribution in [3.05, 3.63) is 41.0 Å². The zero-order valence-electron chi connectivity index (χ0n) is 16.7. The minimum Gasteiger partial charge on any atom is -0.399 e. The van der Waals surface area contributed by atoms with Crippen molar-refractivity contribution in [2.24, 2.45) is 0 Å². The van der Waals surface area contributed by atoms with E-state index in [9.17, 15) is 0 Å². The van der Waals surface area contributed by atoms with Gasteiger partial charge in [0.25, 0.3) is 0 Å². The van der Waals surface area contributed by atoms with E-state index in [0.29, 0.717) is 0 Å². The number of ether oxygens (including phenoxy) is 1. The normalized spacial score (nSPS) is 31.7. The summed E-state index contributed by atoms with van der Waals surface area (Å²) in [6.07, 6.45) is 4.56. The predicted octanol–water partition coefficient (Wildman–Crippen LogP) is 4.01. The summed E-state index contributed by atoms with van der Waals surface area (Å²) in [6.45, 7) is 17.7. The maximum absolute atomic E-state index is 6.59. The van der Waals surface area contributed by atoms with Gasteiger partial charge in [-0.2, -0.15) is 0 Å². The van der Waals surface area contributed by atoms with Crippen molar-refractivity contribution >= 4 is 20.7 Å². The molecule has 4 rings (SSSR count). The molecule has 134 valence electrons. The number of benzene rings is 1. The van der Waals surface area contributed by atoms with Crippen molar-refractivity contribution in [1.82, 2.24) is 0 Å². The van der Waals surface area contributed by atoms with Crippen molar-refractivity contribution in [2.45, 2.75) is 76.8 Å². The van der Waals surface area contributed by atoms with E-state index in [1.165, 1.54) is 16.7 Å². The lowest BCUT2D eigenvalue weighted by molar-refractivity contribution is 0.00578. The van der Waals surface area contributed by atoms with Crippen molar-refractivity contribution in [2.75, 3.05) is 0 Å². The van der Waals surface area contributed by atoms with E-state index < -0.39 is 8.07 Å². The van der Waals surface area contributed by atoms with Crippen LogP contribution >= 0.6 is 0 Å². The molecule has 0 radical (unpaired) electrons. The minimum atomic E-state index is -1.62. The third-order valence-electron chi connectivity index (χ3n) is 6.48. The average molecular weight is 356 g/mol. The zero-order chi connectivity index (χ0) is 18.4. The van der Waals surface area contributed by atoms with Crippen LogP contribution < -0.4 is 5.46 Å². The molecule has 2 bridgehead atoms. The fourth-order valence-electron chi connectivity index (χ4n) is 4.26. The molecule has 2 unspecified atom stereocenters. The van der Waals surface area contributed by atoms with Gasteiger partial charge in [0.1, 0.15) is 11.3 Å². The largest absolute Gasteiger partial charge is 0.495 e. The molecule has 1 saturated heterocycles. The lowest BCUT2D eigenvalue weighted by atomic mass is 9.72. The molecule has 0 amide bonds. The molecule has 25 heavy (non-hydrogen) atoms. The van der Waals surface area contributed by atoms with Crippen molar-refractivity contribution in [3.63, 3.8) is 0 Å². The first-order valence-corrected chi connectivity index (χ1v) is 12.8. The van der Waals surface area contributed by atoms with Crippen LogP contribution in [0.5, 0.6) is 0 Å². The van der Waals surface area contributed by atoms with Crippen LogP contribution in [0.15, 0.2) is 24.3 Å². The first-order valence-electron chi connectivity index (χ1n) is 9.26. The second kappa shape index (κ2) is 4.89. The van der Waals surface area contributed by atoms with E-state index in [1.54, 1.807) is 0 Å². The quantitative estimate of drug-likeness (QED) is 0.592. The van der Waals surface area contributed by atoms with E-state index in [-0.39, 0.29) is 29.6 Å². The number of hydrogen-bond donors (Lipinski definition) is 0. The van der Waals surface area contributed by atoms with Gasteiger partial charge in [-0.1, -0.05) is 49.5 Å². The molecule has 0 spiro atoms. The lowest BCUT2D eigenvalue weighted by Gasteiger charge is -2.36. The Balaban J connectivity index is 1.87. The minimum absolute atomic E-state index is 0.0244. The van der Waals surface area contributed by atoms with E-state index in [0.717, 1.165) is 5.46 Å². The third kappa shape index (κ3) is 2.22. The summed E-state index contributed by atoms with van der Waals surface area (Å²) in [6, 6.07) is 4.53. The van der Waals surface area contributed by atoms with Gasteiger partial charge in [0.15, 0.2) is 0 Å². The van der Waals surface area contributed by atoms with Crippen LogP contribution in [0, 0.1) is 6.92 Å². The molecule has 1 aromatic rings. The molecule has 3 aliphatic rings. The number of hydrogen-bond acceptors (Lipinski definition) is 3. The molecule has 2 atom stereocenters. The van der Waals surface area contributed by atoms with Gasteiger partial charge in [0, 0.05) is 0 Å². The van der Waals surface area contributed by atoms with Crippen LogP contribution in [0.1, 0.15) is 50.5 Å². The molecular formula is C20H29BO3Si. The Morgan fingerprint density at radius 1 is 1.00 bits per heavy atom. The van der Waals surface area contributed by atoms with Crippen LogP contribution in [-0.4, -0.2) is 26.4 Å². The van der Waals surface area contributed by atoms with Gasteiger partial charge in [-0.15, -0.1) is 0 Å². The molecule has 1 fully saturated rings. The Morgan fingerprint density at radius 2 is 1.60 bits per heavy atom. The maximum atomic E-state index is 6.59. The van der Waals surface area contributed by atoms with E-state index in [2.05, 4.69) is 78.5 Å². The van der Waals surface area contributed by atoms with Gasteiger partial charge in [-0.25, -0.2) is 0 Å². The van der Waals surface area contributed by atoms with Gasteiger partial charge in [-0.3, -0.25) is 0 Å². The fourth-order valence-corrected chi connectivity index (χ4v) is 6.35. The highest BCUT2D eigenvalue weighted by Crippen LogP contribution is 2.54. The highest BCUT2D eigenvalue weighted by Gasteiger charge is 2.58. The molecule has 5 heteroatoms. The number of rotatable bonds is 2. The van der Waals surface area contributed by atoms with Crippen molar-refractivity contribution in [1.29, 1.82) is 0 Å². The van der Waals surface area contributed by atoms with Crippen LogP contribution in [-0.2, 0) is 19.3 Å². The smallest absolute Gasteiger partial charge is 0.399 e. The zero-order valence-corrected chi connectivity index (χ0v) is 17.7. The maximum Gasteiger partial charge on any atom is 0.495 e. The van der Waals surface area contributed by atoms with Crippen LogP contribution in [0.2, 0.25) is 19.6 Å². The third-order valence-corrected chi connectivity index (χ3v) is 9.26. The molecule has 1 aromatic carbocycles. The summed E-state index contributed by atoms with van der Waals surface area (Å²) in [7, 11) is -1.96. The molecule has 0 N–H and O–H groups in total. The number of aryl methyl sites for hydroxylation is 1. The summed E-state index contributed by atoms with van der Waals surface area (Å²) in [5.74, 6) is 0. The molecule has 0 aromatic heterocycles. The SMILES string of the molecule is Cc1cc(B2OC(C)(C)C(C)(C)O2)c2c(c1)C1([Si](C)(C)C)C=CC2O1. The van der Waals surface area contributed by atoms with Crippen LogP contribution in [0.4, 0.5) is 0 Å². The Kier molecular flexibility index (Phi) is 3.43. The van der Waals surface area contributed by atoms with E-state index in [4.69, 9.17) is 14.0 Å². The Labute approximate surface area is 152 Å². The van der Waals surface area contributed by atoms with Gasteiger partial charge < -0.3 is 14.0 Å². The Bertz CT molecular complexity index is 762. The second-order valence-electron chi connectivity index (χ2n) is 9.79. The highest BCUT2D eigenvalue weighted by atomic mass is 28.3. The standard InChI is InChI=1S/C20H29BO3Si/c1-13-11-14-17(16-9-10-20(14,22-16)25(6,7)8)15(12-13)21-23-18(2,3)19(4,5)24-21/h9-12,16H,1-8H3. The first-order chi connectivity index (χ1) is 11.4. The van der Waals surface area contributed by atoms with Gasteiger partial charge >= 0.3 is 7.12 Å². The topological polar surface area (TPSA) is 27.7 Å². The monoisotopic (exact) mass is 356 g/mol. The Morgan fingerprint density at radius 3 is 2.16 bits per heavy atom. The fraction of sp³-hybridized carbons (Fsp3) is 0.600. The second-order valence-corrected chi connectivity index (χ2v) is 15.0. The van der Waals surface area contributed by atoms with E-state index >= 15 is 0 Å². The summed E-state index contributed by atoms with van der Waals surface area (Å²) in [4.78, 5) is 0. The van der Waals surface area contributed by atoms with Gasteiger partial charge in [-0.05, 0) is 51.2 Å². The molecule has 0 aliphatic carbocycles. The van der Waals surface area contributed by atoms with Gasteiger partial charge in [0.05, 0.1) is 19.3 Å². The van der Waals surface area contributed by atoms with E-state index in [1.807, 2.05) is 0 Å². The predicted molar refractivity (Wildman–Crippen MR) is 105 cm³/mol. The van der Waals surface area contributed by atoms with Crippen molar-refractivity contribution in [3.8, 4) is 0 Å².